The van der Waals surface area contributed by atoms with Gasteiger partial charge >= 0.3 is 0 Å². The van der Waals surface area contributed by atoms with Gasteiger partial charge in [-0.2, -0.15) is 0 Å². The number of likely N-dealkylation sites (tertiary alicyclic amines) is 1. The zero-order chi connectivity index (χ0) is 14.2. The molecule has 2 saturated heterocycles. The number of nitrogens with zero attached hydrogens (tertiary/aromatic N) is 2. The maximum Gasteiger partial charge on any atom is 0.241 e. The minimum absolute atomic E-state index is 0.0442. The van der Waals surface area contributed by atoms with Crippen molar-refractivity contribution in [2.45, 2.75) is 25.7 Å². The molecule has 0 aliphatic carbocycles. The summed E-state index contributed by atoms with van der Waals surface area (Å²) in [5.41, 5.74) is 0. The molecule has 0 saturated carbocycles. The van der Waals surface area contributed by atoms with Crippen LogP contribution in [0.4, 0.5) is 0 Å². The van der Waals surface area contributed by atoms with Gasteiger partial charge in [-0.05, 0) is 38.8 Å². The van der Waals surface area contributed by atoms with Gasteiger partial charge in [0.25, 0.3) is 0 Å². The predicted molar refractivity (Wildman–Crippen MR) is 77.4 cm³/mol. The number of hydrogen-bond donors (Lipinski definition) is 2. The molecule has 0 unspecified atom stereocenters. The van der Waals surface area contributed by atoms with Crippen LogP contribution in [0.5, 0.6) is 0 Å². The second kappa shape index (κ2) is 8.21. The second-order valence-electron chi connectivity index (χ2n) is 5.60. The number of carbonyl (C=O) groups is 2. The molecule has 6 nitrogen and oxygen atoms in total. The van der Waals surface area contributed by atoms with Crippen LogP contribution in [0.15, 0.2) is 0 Å². The van der Waals surface area contributed by atoms with E-state index in [2.05, 4.69) is 15.5 Å². The minimum Gasteiger partial charge on any atom is -0.346 e. The third-order valence-corrected chi connectivity index (χ3v) is 3.95. The van der Waals surface area contributed by atoms with E-state index < -0.39 is 0 Å². The molecule has 0 spiro atoms. The van der Waals surface area contributed by atoms with Gasteiger partial charge in [-0.25, -0.2) is 0 Å². The maximum absolute atomic E-state index is 11.9. The Labute approximate surface area is 120 Å². The van der Waals surface area contributed by atoms with Crippen molar-refractivity contribution in [3.05, 3.63) is 0 Å². The Hall–Kier alpha value is -1.14. The molecule has 2 aliphatic rings. The Morgan fingerprint density at radius 3 is 2.55 bits per heavy atom. The molecule has 2 amide bonds. The van der Waals surface area contributed by atoms with Crippen molar-refractivity contribution in [3.8, 4) is 0 Å². The summed E-state index contributed by atoms with van der Waals surface area (Å²) in [6.07, 6.45) is 4.44. The quantitative estimate of drug-likeness (QED) is 0.723. The standard InChI is InChI=1S/C14H26N4O2/c19-13(12-17-7-4-5-15-6-10-17)16-11-14(20)18-8-2-1-3-9-18/h15H,1-12H2,(H,16,19). The first kappa shape index (κ1) is 15.3. The second-order valence-corrected chi connectivity index (χ2v) is 5.60. The summed E-state index contributed by atoms with van der Waals surface area (Å²) < 4.78 is 0. The smallest absolute Gasteiger partial charge is 0.241 e. The zero-order valence-electron chi connectivity index (χ0n) is 12.2. The summed E-state index contributed by atoms with van der Waals surface area (Å²) >= 11 is 0. The Kier molecular flexibility index (Phi) is 6.26. The van der Waals surface area contributed by atoms with E-state index in [-0.39, 0.29) is 18.4 Å². The number of nitrogens with one attached hydrogen (secondary N) is 2. The van der Waals surface area contributed by atoms with Crippen LogP contribution in [0.1, 0.15) is 25.7 Å². The highest BCUT2D eigenvalue weighted by Crippen LogP contribution is 2.08. The molecule has 0 aromatic rings. The molecule has 6 heteroatoms. The Bertz CT molecular complexity index is 321. The molecular weight excluding hydrogens is 256 g/mol. The SMILES string of the molecule is O=C(CN1CCCNCC1)NCC(=O)N1CCCCC1. The lowest BCUT2D eigenvalue weighted by Crippen LogP contribution is -2.45. The number of carbonyl (C=O) groups excluding carboxylic acids is 2. The van der Waals surface area contributed by atoms with Crippen molar-refractivity contribution < 1.29 is 9.59 Å². The van der Waals surface area contributed by atoms with Crippen LogP contribution >= 0.6 is 0 Å². The fourth-order valence-electron chi connectivity index (χ4n) is 2.75. The molecule has 0 bridgehead atoms. The topological polar surface area (TPSA) is 64.7 Å². The summed E-state index contributed by atoms with van der Waals surface area (Å²) in [6.45, 7) is 6.01. The van der Waals surface area contributed by atoms with Crippen LogP contribution < -0.4 is 10.6 Å². The highest BCUT2D eigenvalue weighted by atomic mass is 16.2. The van der Waals surface area contributed by atoms with Crippen molar-refractivity contribution in [1.82, 2.24) is 20.4 Å². The lowest BCUT2D eigenvalue weighted by Gasteiger charge is -2.27. The summed E-state index contributed by atoms with van der Waals surface area (Å²) in [4.78, 5) is 27.8. The monoisotopic (exact) mass is 282 g/mol. The molecule has 0 radical (unpaired) electrons. The lowest BCUT2D eigenvalue weighted by molar-refractivity contribution is -0.133. The molecule has 2 aliphatic heterocycles. The molecule has 20 heavy (non-hydrogen) atoms. The fourth-order valence-corrected chi connectivity index (χ4v) is 2.75. The number of piperidine rings is 1. The Morgan fingerprint density at radius 1 is 0.950 bits per heavy atom. The summed E-state index contributed by atoms with van der Waals surface area (Å²) in [6, 6.07) is 0. The number of rotatable bonds is 4. The van der Waals surface area contributed by atoms with E-state index in [1.807, 2.05) is 4.90 Å². The number of hydrogen-bond acceptors (Lipinski definition) is 4. The third-order valence-electron chi connectivity index (χ3n) is 3.95. The molecule has 2 heterocycles. The van der Waals surface area contributed by atoms with Gasteiger partial charge in [-0.3, -0.25) is 14.5 Å². The van der Waals surface area contributed by atoms with Gasteiger partial charge in [0, 0.05) is 26.2 Å². The Balaban J connectivity index is 1.64. The molecular formula is C14H26N4O2. The Morgan fingerprint density at radius 2 is 1.75 bits per heavy atom. The third kappa shape index (κ3) is 5.09. The minimum atomic E-state index is -0.0442. The zero-order valence-corrected chi connectivity index (χ0v) is 12.2. The normalized spacial score (nSPS) is 21.3. The average Bonchev–Trinajstić information content (AvgIpc) is 2.74. The van der Waals surface area contributed by atoms with Gasteiger partial charge in [0.2, 0.25) is 11.8 Å². The first-order chi connectivity index (χ1) is 9.75. The first-order valence-corrected chi connectivity index (χ1v) is 7.73. The maximum atomic E-state index is 11.9. The molecule has 2 rings (SSSR count). The van der Waals surface area contributed by atoms with Crippen LogP contribution in [0.2, 0.25) is 0 Å². The van der Waals surface area contributed by atoms with Crippen molar-refractivity contribution >= 4 is 11.8 Å². The van der Waals surface area contributed by atoms with Crippen LogP contribution in [0.25, 0.3) is 0 Å². The van der Waals surface area contributed by atoms with Crippen LogP contribution in [0.3, 0.4) is 0 Å². The van der Waals surface area contributed by atoms with E-state index >= 15 is 0 Å². The van der Waals surface area contributed by atoms with E-state index in [1.165, 1.54) is 6.42 Å². The van der Waals surface area contributed by atoms with E-state index in [0.29, 0.717) is 6.54 Å². The average molecular weight is 282 g/mol. The number of amides is 2. The highest BCUT2D eigenvalue weighted by molar-refractivity contribution is 5.85. The summed E-state index contributed by atoms with van der Waals surface area (Å²) in [5, 5.41) is 6.06. The lowest BCUT2D eigenvalue weighted by atomic mass is 10.1. The molecule has 114 valence electrons. The van der Waals surface area contributed by atoms with Gasteiger partial charge in [0.15, 0.2) is 0 Å². The van der Waals surface area contributed by atoms with Crippen LogP contribution in [0, 0.1) is 0 Å². The molecule has 2 fully saturated rings. The first-order valence-electron chi connectivity index (χ1n) is 7.73. The largest absolute Gasteiger partial charge is 0.346 e. The van der Waals surface area contributed by atoms with Crippen LogP contribution in [-0.4, -0.2) is 74.0 Å². The van der Waals surface area contributed by atoms with Gasteiger partial charge in [-0.1, -0.05) is 0 Å². The van der Waals surface area contributed by atoms with Gasteiger partial charge < -0.3 is 15.5 Å². The fraction of sp³-hybridized carbons (Fsp3) is 0.857. The van der Waals surface area contributed by atoms with Gasteiger partial charge in [0.05, 0.1) is 13.1 Å². The molecule has 0 aromatic heterocycles. The molecule has 2 N–H and O–H groups in total. The van der Waals surface area contributed by atoms with Gasteiger partial charge in [0.1, 0.15) is 0 Å². The van der Waals surface area contributed by atoms with E-state index in [0.717, 1.165) is 58.5 Å². The van der Waals surface area contributed by atoms with E-state index in [9.17, 15) is 9.59 Å². The van der Waals surface area contributed by atoms with E-state index in [1.54, 1.807) is 0 Å². The van der Waals surface area contributed by atoms with Crippen molar-refractivity contribution in [2.24, 2.45) is 0 Å². The van der Waals surface area contributed by atoms with E-state index in [4.69, 9.17) is 0 Å². The van der Waals surface area contributed by atoms with Crippen LogP contribution in [-0.2, 0) is 9.59 Å². The van der Waals surface area contributed by atoms with Crippen molar-refractivity contribution in [1.29, 1.82) is 0 Å². The van der Waals surface area contributed by atoms with Crippen molar-refractivity contribution in [2.75, 3.05) is 52.4 Å². The van der Waals surface area contributed by atoms with Crippen molar-refractivity contribution in [3.63, 3.8) is 0 Å². The molecule has 0 aromatic carbocycles. The highest BCUT2D eigenvalue weighted by Gasteiger charge is 2.18. The van der Waals surface area contributed by atoms with Gasteiger partial charge in [-0.15, -0.1) is 0 Å². The molecule has 0 atom stereocenters. The summed E-state index contributed by atoms with van der Waals surface area (Å²) in [5.74, 6) is 0.00726. The summed E-state index contributed by atoms with van der Waals surface area (Å²) in [7, 11) is 0. The predicted octanol–water partition coefficient (Wildman–Crippen LogP) is -0.590.